The summed E-state index contributed by atoms with van der Waals surface area (Å²) in [6.07, 6.45) is 1.94. The third kappa shape index (κ3) is 8.99. The van der Waals surface area contributed by atoms with Crippen LogP contribution in [0.15, 0.2) is 68.1 Å². The standard InChI is InChI=1S/C15H13Cl2N3O3S2.C15H14ClN3O2S3/c1-7-4-10(16)6-12(17)13(7)25(21,22)20-15-18-14(19-24-15)11-5-8(2)23-9(11)3;1-2-3-10-4-6-11(7-5-10)24(20,21)19-15-17-14(18-23-15)13-12(16)8-9-22-13/h4-6H,1-3H3,(H,18,19,20);4-9H,2-3H2,1H3,(H,17,18,19). The van der Waals surface area contributed by atoms with Gasteiger partial charge in [0.25, 0.3) is 20.0 Å². The Kier molecular flexibility index (Phi) is 11.7. The quantitative estimate of drug-likeness (QED) is 0.137. The average Bonchev–Trinajstić information content (AvgIpc) is 3.81. The summed E-state index contributed by atoms with van der Waals surface area (Å²) in [6.45, 7) is 7.32. The SMILES string of the molecule is CCCc1ccc(S(=O)(=O)Nc2nc(-c3sccc3Cl)ns2)cc1.Cc1cc(-c2nsc(NS(=O)(=O)c3c(C)cc(Cl)cc3Cl)n2)c(C)o1. The summed E-state index contributed by atoms with van der Waals surface area (Å²) in [5.41, 5.74) is 2.28. The third-order valence-electron chi connectivity index (χ3n) is 6.63. The molecule has 0 aliphatic carbocycles. The van der Waals surface area contributed by atoms with Crippen molar-refractivity contribution in [3.05, 3.63) is 91.6 Å². The fourth-order valence-corrected chi connectivity index (χ4v) is 10.5. The first-order chi connectivity index (χ1) is 23.2. The molecule has 0 aliphatic rings. The minimum atomic E-state index is -3.92. The van der Waals surface area contributed by atoms with Gasteiger partial charge in [-0.15, -0.1) is 11.3 Å². The number of nitrogens with zero attached hydrogens (tertiary/aromatic N) is 4. The van der Waals surface area contributed by atoms with Crippen LogP contribution in [0.25, 0.3) is 22.1 Å². The van der Waals surface area contributed by atoms with Crippen LogP contribution < -0.4 is 9.44 Å². The molecule has 0 aliphatic heterocycles. The van der Waals surface area contributed by atoms with Gasteiger partial charge in [-0.25, -0.2) is 16.8 Å². The highest BCUT2D eigenvalue weighted by atomic mass is 35.5. The summed E-state index contributed by atoms with van der Waals surface area (Å²) in [5, 5.41) is 3.15. The molecule has 6 aromatic rings. The highest BCUT2D eigenvalue weighted by Gasteiger charge is 2.24. The summed E-state index contributed by atoms with van der Waals surface area (Å²) >= 11 is 21.3. The van der Waals surface area contributed by atoms with Gasteiger partial charge in [-0.1, -0.05) is 60.3 Å². The lowest BCUT2D eigenvalue weighted by atomic mass is 10.1. The van der Waals surface area contributed by atoms with Crippen LogP contribution >= 0.6 is 69.2 Å². The van der Waals surface area contributed by atoms with Gasteiger partial charge in [0.2, 0.25) is 10.3 Å². The normalized spacial score (nSPS) is 11.7. The number of hydrogen-bond donors (Lipinski definition) is 2. The zero-order valence-electron chi connectivity index (χ0n) is 26.1. The summed E-state index contributed by atoms with van der Waals surface area (Å²) in [6, 6.07) is 13.3. The van der Waals surface area contributed by atoms with Gasteiger partial charge in [-0.05, 0) is 80.1 Å². The summed E-state index contributed by atoms with van der Waals surface area (Å²) in [4.78, 5) is 9.33. The van der Waals surface area contributed by atoms with Gasteiger partial charge in [-0.2, -0.15) is 18.7 Å². The number of hydrogen-bond acceptors (Lipinski definition) is 12. The molecular formula is C30H27Cl3N6O5S5. The number of benzene rings is 2. The van der Waals surface area contributed by atoms with Gasteiger partial charge in [0.05, 0.1) is 25.4 Å². The minimum absolute atomic E-state index is 0.0364. The molecule has 0 amide bonds. The molecule has 2 aromatic carbocycles. The van der Waals surface area contributed by atoms with Gasteiger partial charge < -0.3 is 4.42 Å². The van der Waals surface area contributed by atoms with E-state index in [1.807, 2.05) is 24.4 Å². The van der Waals surface area contributed by atoms with Crippen molar-refractivity contribution >= 4 is 99.5 Å². The lowest BCUT2D eigenvalue weighted by molar-refractivity contribution is 0.505. The zero-order chi connectivity index (χ0) is 35.5. The molecule has 4 aromatic heterocycles. The Morgan fingerprint density at radius 2 is 1.43 bits per heavy atom. The van der Waals surface area contributed by atoms with Crippen molar-refractivity contribution in [2.24, 2.45) is 0 Å². The minimum Gasteiger partial charge on any atom is -0.466 e. The number of anilines is 2. The highest BCUT2D eigenvalue weighted by molar-refractivity contribution is 7.93. The monoisotopic (exact) mass is 816 g/mol. The van der Waals surface area contributed by atoms with Crippen molar-refractivity contribution in [2.45, 2.75) is 50.3 Å². The lowest BCUT2D eigenvalue weighted by Gasteiger charge is -2.10. The van der Waals surface area contributed by atoms with Crippen LogP contribution in [0, 0.1) is 20.8 Å². The second-order valence-corrected chi connectivity index (χ2v) is 17.4. The van der Waals surface area contributed by atoms with Gasteiger partial charge in [0.15, 0.2) is 11.6 Å². The number of halogens is 3. The molecule has 258 valence electrons. The molecule has 0 saturated heterocycles. The maximum Gasteiger partial charge on any atom is 0.265 e. The predicted molar refractivity (Wildman–Crippen MR) is 199 cm³/mol. The molecule has 49 heavy (non-hydrogen) atoms. The Labute approximate surface area is 310 Å². The van der Waals surface area contributed by atoms with Crippen LogP contribution in [0.5, 0.6) is 0 Å². The molecule has 0 saturated carbocycles. The molecule has 0 fully saturated rings. The van der Waals surface area contributed by atoms with Crippen LogP contribution in [0.3, 0.4) is 0 Å². The molecule has 6 rings (SSSR count). The Bertz CT molecular complexity index is 2290. The maximum absolute atomic E-state index is 12.7. The molecule has 2 N–H and O–H groups in total. The van der Waals surface area contributed by atoms with E-state index in [4.69, 9.17) is 39.2 Å². The van der Waals surface area contributed by atoms with E-state index >= 15 is 0 Å². The molecular weight excluding hydrogens is 791 g/mol. The number of aromatic nitrogens is 4. The Balaban J connectivity index is 0.000000191. The van der Waals surface area contributed by atoms with E-state index in [9.17, 15) is 16.8 Å². The third-order valence-corrected chi connectivity index (χ3v) is 13.0. The second-order valence-electron chi connectivity index (χ2n) is 10.4. The summed E-state index contributed by atoms with van der Waals surface area (Å²) in [5.74, 6) is 2.22. The zero-order valence-corrected chi connectivity index (χ0v) is 32.5. The predicted octanol–water partition coefficient (Wildman–Crippen LogP) is 9.50. The van der Waals surface area contributed by atoms with Crippen LogP contribution in [0.1, 0.15) is 36.0 Å². The summed E-state index contributed by atoms with van der Waals surface area (Å²) in [7, 11) is -7.60. The van der Waals surface area contributed by atoms with Gasteiger partial charge in [0.1, 0.15) is 16.4 Å². The van der Waals surface area contributed by atoms with E-state index in [0.717, 1.165) is 57.7 Å². The first-order valence-electron chi connectivity index (χ1n) is 14.2. The van der Waals surface area contributed by atoms with E-state index in [0.29, 0.717) is 33.0 Å². The number of sulfonamides is 2. The molecule has 0 bridgehead atoms. The molecule has 0 unspecified atom stereocenters. The van der Waals surface area contributed by atoms with E-state index in [1.165, 1.54) is 23.5 Å². The fraction of sp³-hybridized carbons (Fsp3) is 0.200. The van der Waals surface area contributed by atoms with Crippen molar-refractivity contribution < 1.29 is 21.3 Å². The molecule has 0 radical (unpaired) electrons. The van der Waals surface area contributed by atoms with Crippen LogP contribution in [-0.4, -0.2) is 35.6 Å². The smallest absolute Gasteiger partial charge is 0.265 e. The van der Waals surface area contributed by atoms with Gasteiger partial charge in [0, 0.05) is 28.1 Å². The largest absolute Gasteiger partial charge is 0.466 e. The van der Waals surface area contributed by atoms with Gasteiger partial charge in [-0.3, -0.25) is 9.44 Å². The van der Waals surface area contributed by atoms with Crippen molar-refractivity contribution in [1.82, 2.24) is 18.7 Å². The highest BCUT2D eigenvalue weighted by Crippen LogP contribution is 2.34. The van der Waals surface area contributed by atoms with Crippen molar-refractivity contribution in [3.63, 3.8) is 0 Å². The van der Waals surface area contributed by atoms with Crippen molar-refractivity contribution in [3.8, 4) is 22.1 Å². The fourth-order valence-electron chi connectivity index (χ4n) is 4.53. The number of aryl methyl sites for hydroxylation is 4. The Morgan fingerprint density at radius 3 is 2.00 bits per heavy atom. The average molecular weight is 818 g/mol. The first-order valence-corrected chi connectivity index (χ1v) is 20.8. The number of furan rings is 1. The van der Waals surface area contributed by atoms with Gasteiger partial charge >= 0.3 is 0 Å². The van der Waals surface area contributed by atoms with Crippen molar-refractivity contribution in [1.29, 1.82) is 0 Å². The molecule has 4 heterocycles. The second kappa shape index (κ2) is 15.4. The summed E-state index contributed by atoms with van der Waals surface area (Å²) < 4.78 is 68.9. The lowest BCUT2D eigenvalue weighted by Crippen LogP contribution is -2.14. The van der Waals surface area contributed by atoms with Crippen LogP contribution in [-0.2, 0) is 26.5 Å². The van der Waals surface area contributed by atoms with E-state index < -0.39 is 20.0 Å². The Hall–Kier alpha value is -3.09. The van der Waals surface area contributed by atoms with E-state index in [2.05, 4.69) is 35.1 Å². The van der Waals surface area contributed by atoms with E-state index in [-0.39, 0.29) is 25.1 Å². The maximum atomic E-state index is 12.7. The van der Waals surface area contributed by atoms with Crippen LogP contribution in [0.4, 0.5) is 10.3 Å². The number of nitrogens with one attached hydrogen (secondary N) is 2. The molecule has 0 spiro atoms. The topological polar surface area (TPSA) is 157 Å². The van der Waals surface area contributed by atoms with E-state index in [1.54, 1.807) is 38.1 Å². The molecule has 11 nitrogen and oxygen atoms in total. The van der Waals surface area contributed by atoms with Crippen LogP contribution in [0.2, 0.25) is 15.1 Å². The number of thiophene rings is 1. The molecule has 0 atom stereocenters. The van der Waals surface area contributed by atoms with Crippen molar-refractivity contribution in [2.75, 3.05) is 9.44 Å². The first kappa shape index (κ1) is 37.2. The Morgan fingerprint density at radius 1 is 0.796 bits per heavy atom. The number of rotatable bonds is 10. The molecule has 19 heteroatoms.